The first kappa shape index (κ1) is 20.0. The predicted octanol–water partition coefficient (Wildman–Crippen LogP) is 5.64. The van der Waals surface area contributed by atoms with E-state index in [1.807, 2.05) is 97.1 Å². The largest absolute Gasteiger partial charge is 0.481 e. The number of hydrogen-bond donors (Lipinski definition) is 1. The Kier molecular flexibility index (Phi) is 5.20. The van der Waals surface area contributed by atoms with Gasteiger partial charge >= 0.3 is 11.9 Å². The molecule has 0 bridgehead atoms. The summed E-state index contributed by atoms with van der Waals surface area (Å²) in [5.74, 6) is -3.03. The van der Waals surface area contributed by atoms with Crippen LogP contribution in [-0.2, 0) is 9.59 Å². The highest BCUT2D eigenvalue weighted by molar-refractivity contribution is 5.92. The van der Waals surface area contributed by atoms with Crippen molar-refractivity contribution in [2.75, 3.05) is 0 Å². The number of benzene rings is 4. The van der Waals surface area contributed by atoms with Crippen molar-refractivity contribution in [1.29, 1.82) is 0 Å². The molecule has 5 rings (SSSR count). The molecule has 1 fully saturated rings. The Bertz CT molecular complexity index is 1210. The summed E-state index contributed by atoms with van der Waals surface area (Å²) in [6, 6.07) is 32.2. The molecule has 0 amide bonds. The Labute approximate surface area is 186 Å². The highest BCUT2D eigenvalue weighted by atomic mass is 16.5. The van der Waals surface area contributed by atoms with Crippen molar-refractivity contribution in [1.82, 2.24) is 0 Å². The molecule has 1 aliphatic rings. The van der Waals surface area contributed by atoms with Crippen LogP contribution < -0.4 is 4.74 Å². The number of aliphatic carboxylic acids is 1. The summed E-state index contributed by atoms with van der Waals surface area (Å²) in [5, 5.41) is 11.9. The lowest BCUT2D eigenvalue weighted by molar-refractivity contribution is -0.158. The molecule has 158 valence electrons. The van der Waals surface area contributed by atoms with Gasteiger partial charge in [-0.2, -0.15) is 0 Å². The first-order valence-corrected chi connectivity index (χ1v) is 10.7. The molecule has 0 aromatic heterocycles. The van der Waals surface area contributed by atoms with Crippen LogP contribution in [0.2, 0.25) is 0 Å². The maximum Gasteiger partial charge on any atom is 0.315 e. The van der Waals surface area contributed by atoms with E-state index < -0.39 is 35.6 Å². The van der Waals surface area contributed by atoms with Crippen molar-refractivity contribution >= 4 is 22.7 Å². The molecule has 4 heteroatoms. The average Bonchev–Trinajstić information content (AvgIpc) is 2.80. The molecule has 0 heterocycles. The van der Waals surface area contributed by atoms with Crippen LogP contribution in [0.5, 0.6) is 5.75 Å². The fraction of sp³-hybridized carbons (Fsp3) is 0.143. The topological polar surface area (TPSA) is 63.6 Å². The monoisotopic (exact) mass is 422 g/mol. The third-order valence-corrected chi connectivity index (χ3v) is 6.43. The Morgan fingerprint density at radius 1 is 0.625 bits per heavy atom. The van der Waals surface area contributed by atoms with E-state index in [1.165, 1.54) is 0 Å². The number of fused-ring (bicyclic) bond motifs is 1. The van der Waals surface area contributed by atoms with Gasteiger partial charge in [-0.05, 0) is 22.6 Å². The zero-order chi connectivity index (χ0) is 22.1. The Balaban J connectivity index is 1.55. The quantitative estimate of drug-likeness (QED) is 0.334. The second-order valence-corrected chi connectivity index (χ2v) is 8.16. The summed E-state index contributed by atoms with van der Waals surface area (Å²) < 4.78 is 5.93. The number of carbonyl (C=O) groups excluding carboxylic acids is 1. The maximum atomic E-state index is 13.6. The SMILES string of the molecule is O=C(O)C1C(c2ccccc2)C(C(=O)Oc2cccc3ccccc23)C1c1ccccc1. The van der Waals surface area contributed by atoms with Gasteiger partial charge < -0.3 is 9.84 Å². The summed E-state index contributed by atoms with van der Waals surface area (Å²) in [7, 11) is 0. The van der Waals surface area contributed by atoms with E-state index in [0.717, 1.165) is 21.9 Å². The lowest BCUT2D eigenvalue weighted by atomic mass is 9.52. The molecule has 2 atom stereocenters. The molecule has 4 aromatic carbocycles. The van der Waals surface area contributed by atoms with Crippen LogP contribution >= 0.6 is 0 Å². The number of esters is 1. The number of rotatable bonds is 5. The Morgan fingerprint density at radius 2 is 1.16 bits per heavy atom. The smallest absolute Gasteiger partial charge is 0.315 e. The molecular formula is C28H22O4. The first-order chi connectivity index (χ1) is 15.6. The Hall–Kier alpha value is -3.92. The predicted molar refractivity (Wildman–Crippen MR) is 123 cm³/mol. The van der Waals surface area contributed by atoms with Crippen LogP contribution in [0.25, 0.3) is 10.8 Å². The van der Waals surface area contributed by atoms with Crippen molar-refractivity contribution in [3.63, 3.8) is 0 Å². The van der Waals surface area contributed by atoms with Crippen LogP contribution in [0.3, 0.4) is 0 Å². The van der Waals surface area contributed by atoms with E-state index in [0.29, 0.717) is 5.75 Å². The summed E-state index contributed by atoms with van der Waals surface area (Å²) in [4.78, 5) is 25.9. The normalized spacial score (nSPS) is 22.1. The first-order valence-electron chi connectivity index (χ1n) is 10.7. The van der Waals surface area contributed by atoms with Crippen LogP contribution in [0.15, 0.2) is 103 Å². The van der Waals surface area contributed by atoms with Gasteiger partial charge in [-0.3, -0.25) is 9.59 Å². The standard InChI is InChI=1S/C28H22O4/c29-27(30)25-23(19-11-3-1-4-12-19)26(24(25)20-13-5-2-6-14-20)28(31)32-22-17-9-15-18-10-7-8-16-21(18)22/h1-17,23-26H,(H,29,30). The van der Waals surface area contributed by atoms with E-state index >= 15 is 0 Å². The van der Waals surface area contributed by atoms with Crippen molar-refractivity contribution in [3.8, 4) is 5.75 Å². The van der Waals surface area contributed by atoms with E-state index in [2.05, 4.69) is 0 Å². The van der Waals surface area contributed by atoms with Gasteiger partial charge in [0, 0.05) is 17.2 Å². The third kappa shape index (κ3) is 3.44. The molecule has 1 N–H and O–H groups in total. The van der Waals surface area contributed by atoms with Gasteiger partial charge in [0.15, 0.2) is 0 Å². The fourth-order valence-corrected chi connectivity index (χ4v) is 4.99. The number of carbonyl (C=O) groups is 2. The van der Waals surface area contributed by atoms with Gasteiger partial charge in [0.25, 0.3) is 0 Å². The lowest BCUT2D eigenvalue weighted by Crippen LogP contribution is -2.52. The van der Waals surface area contributed by atoms with E-state index in [9.17, 15) is 14.7 Å². The van der Waals surface area contributed by atoms with Gasteiger partial charge in [0.05, 0.1) is 11.8 Å². The highest BCUT2D eigenvalue weighted by Gasteiger charge is 2.59. The molecular weight excluding hydrogens is 400 g/mol. The average molecular weight is 422 g/mol. The van der Waals surface area contributed by atoms with Gasteiger partial charge in [-0.25, -0.2) is 0 Å². The number of ether oxygens (including phenoxy) is 1. The molecule has 1 aliphatic carbocycles. The third-order valence-electron chi connectivity index (χ3n) is 6.43. The molecule has 4 aromatic rings. The maximum absolute atomic E-state index is 13.6. The minimum Gasteiger partial charge on any atom is -0.481 e. The second kappa shape index (κ2) is 8.31. The van der Waals surface area contributed by atoms with Crippen molar-refractivity contribution in [3.05, 3.63) is 114 Å². The van der Waals surface area contributed by atoms with Crippen LogP contribution in [-0.4, -0.2) is 17.0 Å². The number of hydrogen-bond acceptors (Lipinski definition) is 3. The molecule has 0 saturated heterocycles. The van der Waals surface area contributed by atoms with Gasteiger partial charge in [-0.1, -0.05) is 97.1 Å². The molecule has 0 radical (unpaired) electrons. The molecule has 4 nitrogen and oxygen atoms in total. The van der Waals surface area contributed by atoms with Gasteiger partial charge in [0.1, 0.15) is 5.75 Å². The van der Waals surface area contributed by atoms with E-state index in [1.54, 1.807) is 6.07 Å². The van der Waals surface area contributed by atoms with Gasteiger partial charge in [0.2, 0.25) is 0 Å². The summed E-state index contributed by atoms with van der Waals surface area (Å²) >= 11 is 0. The fourth-order valence-electron chi connectivity index (χ4n) is 4.99. The summed E-state index contributed by atoms with van der Waals surface area (Å²) in [6.45, 7) is 0. The summed E-state index contributed by atoms with van der Waals surface area (Å²) in [5.41, 5.74) is 1.68. The zero-order valence-corrected chi connectivity index (χ0v) is 17.3. The molecule has 0 spiro atoms. The number of carboxylic acids is 1. The van der Waals surface area contributed by atoms with Crippen LogP contribution in [0.4, 0.5) is 0 Å². The highest BCUT2D eigenvalue weighted by Crippen LogP contribution is 2.58. The number of carboxylic acid groups (broad SMARTS) is 1. The minimum absolute atomic E-state index is 0.401. The lowest BCUT2D eigenvalue weighted by Gasteiger charge is -2.49. The van der Waals surface area contributed by atoms with Crippen LogP contribution in [0, 0.1) is 11.8 Å². The molecule has 2 unspecified atom stereocenters. The van der Waals surface area contributed by atoms with Crippen molar-refractivity contribution < 1.29 is 19.4 Å². The summed E-state index contributed by atoms with van der Waals surface area (Å²) in [6.07, 6.45) is 0. The Morgan fingerprint density at radius 3 is 1.75 bits per heavy atom. The van der Waals surface area contributed by atoms with Crippen molar-refractivity contribution in [2.24, 2.45) is 11.8 Å². The van der Waals surface area contributed by atoms with E-state index in [4.69, 9.17) is 4.74 Å². The molecule has 32 heavy (non-hydrogen) atoms. The van der Waals surface area contributed by atoms with Crippen LogP contribution in [0.1, 0.15) is 23.0 Å². The zero-order valence-electron chi connectivity index (χ0n) is 17.3. The second-order valence-electron chi connectivity index (χ2n) is 8.16. The van der Waals surface area contributed by atoms with Gasteiger partial charge in [-0.15, -0.1) is 0 Å². The van der Waals surface area contributed by atoms with E-state index in [-0.39, 0.29) is 0 Å². The molecule has 0 aliphatic heterocycles. The molecule has 1 saturated carbocycles. The van der Waals surface area contributed by atoms with Crippen molar-refractivity contribution in [2.45, 2.75) is 11.8 Å². The minimum atomic E-state index is -0.901.